The van der Waals surface area contributed by atoms with Gasteiger partial charge in [0, 0.05) is 34.6 Å². The SMILES string of the molecule is CC(C)c1nsc(Oc2cc(Cl)ccc2CN)n1. The fourth-order valence-electron chi connectivity index (χ4n) is 1.38. The van der Waals surface area contributed by atoms with Crippen molar-refractivity contribution in [2.75, 3.05) is 0 Å². The van der Waals surface area contributed by atoms with Crippen molar-refractivity contribution in [2.45, 2.75) is 26.3 Å². The molecule has 0 aliphatic carbocycles. The van der Waals surface area contributed by atoms with Crippen molar-refractivity contribution < 1.29 is 4.74 Å². The van der Waals surface area contributed by atoms with Crippen LogP contribution >= 0.6 is 23.1 Å². The van der Waals surface area contributed by atoms with Crippen LogP contribution in [-0.2, 0) is 6.54 Å². The van der Waals surface area contributed by atoms with Gasteiger partial charge in [-0.1, -0.05) is 31.5 Å². The minimum Gasteiger partial charge on any atom is -0.429 e. The number of nitrogens with zero attached hydrogens (tertiary/aromatic N) is 2. The van der Waals surface area contributed by atoms with Gasteiger partial charge in [-0.05, 0) is 12.1 Å². The van der Waals surface area contributed by atoms with Gasteiger partial charge in [0.2, 0.25) is 0 Å². The minimum atomic E-state index is 0.284. The van der Waals surface area contributed by atoms with Gasteiger partial charge in [-0.2, -0.15) is 9.36 Å². The highest BCUT2D eigenvalue weighted by Gasteiger charge is 2.11. The van der Waals surface area contributed by atoms with Crippen LogP contribution in [0, 0.1) is 0 Å². The van der Waals surface area contributed by atoms with Crippen LogP contribution in [0.1, 0.15) is 31.2 Å². The molecule has 1 heterocycles. The molecule has 0 aliphatic heterocycles. The number of ether oxygens (including phenoxy) is 1. The van der Waals surface area contributed by atoms with E-state index in [4.69, 9.17) is 22.1 Å². The summed E-state index contributed by atoms with van der Waals surface area (Å²) in [6.07, 6.45) is 0. The van der Waals surface area contributed by atoms with Crippen LogP contribution in [0.25, 0.3) is 0 Å². The van der Waals surface area contributed by atoms with Crippen molar-refractivity contribution in [3.05, 3.63) is 34.6 Å². The summed E-state index contributed by atoms with van der Waals surface area (Å²) in [4.78, 5) is 4.31. The second kappa shape index (κ2) is 5.65. The molecule has 0 aliphatic rings. The van der Waals surface area contributed by atoms with Gasteiger partial charge in [-0.25, -0.2) is 0 Å². The monoisotopic (exact) mass is 283 g/mol. The van der Waals surface area contributed by atoms with Crippen LogP contribution in [0.3, 0.4) is 0 Å². The Bertz CT molecular complexity index is 542. The molecule has 4 nitrogen and oxygen atoms in total. The van der Waals surface area contributed by atoms with Crippen LogP contribution in [0.2, 0.25) is 5.02 Å². The average Bonchev–Trinajstić information content (AvgIpc) is 2.78. The highest BCUT2D eigenvalue weighted by Crippen LogP contribution is 2.30. The van der Waals surface area contributed by atoms with Crippen LogP contribution in [0.5, 0.6) is 10.9 Å². The van der Waals surface area contributed by atoms with Crippen LogP contribution in [0.4, 0.5) is 0 Å². The number of halogens is 1. The second-order valence-electron chi connectivity index (χ2n) is 4.13. The smallest absolute Gasteiger partial charge is 0.298 e. The molecular weight excluding hydrogens is 270 g/mol. The van der Waals surface area contributed by atoms with E-state index in [2.05, 4.69) is 9.36 Å². The first kappa shape index (κ1) is 13.3. The molecule has 1 aromatic heterocycles. The maximum absolute atomic E-state index is 5.94. The molecule has 0 fully saturated rings. The molecule has 96 valence electrons. The summed E-state index contributed by atoms with van der Waals surface area (Å²) in [7, 11) is 0. The average molecular weight is 284 g/mol. The maximum Gasteiger partial charge on any atom is 0.298 e. The van der Waals surface area contributed by atoms with Crippen molar-refractivity contribution in [2.24, 2.45) is 5.73 Å². The zero-order valence-corrected chi connectivity index (χ0v) is 11.8. The Morgan fingerprint density at radius 2 is 2.22 bits per heavy atom. The Labute approximate surface area is 115 Å². The molecule has 0 saturated carbocycles. The molecule has 0 spiro atoms. The maximum atomic E-state index is 5.94. The largest absolute Gasteiger partial charge is 0.429 e. The molecule has 0 saturated heterocycles. The van der Waals surface area contributed by atoms with Gasteiger partial charge < -0.3 is 10.5 Å². The Balaban J connectivity index is 2.24. The van der Waals surface area contributed by atoms with Gasteiger partial charge in [-0.15, -0.1) is 0 Å². The van der Waals surface area contributed by atoms with E-state index in [1.165, 1.54) is 11.5 Å². The molecule has 0 radical (unpaired) electrons. The molecule has 2 N–H and O–H groups in total. The summed E-state index contributed by atoms with van der Waals surface area (Å²) >= 11 is 7.17. The molecule has 0 atom stereocenters. The van der Waals surface area contributed by atoms with E-state index < -0.39 is 0 Å². The molecule has 0 unspecified atom stereocenters. The molecule has 0 bridgehead atoms. The first-order valence-electron chi connectivity index (χ1n) is 5.60. The summed E-state index contributed by atoms with van der Waals surface area (Å²) in [5.74, 6) is 1.70. The third-order valence-electron chi connectivity index (χ3n) is 2.39. The second-order valence-corrected chi connectivity index (χ2v) is 5.28. The van der Waals surface area contributed by atoms with E-state index >= 15 is 0 Å². The summed E-state index contributed by atoms with van der Waals surface area (Å²) in [5, 5.41) is 1.12. The number of benzene rings is 1. The zero-order valence-electron chi connectivity index (χ0n) is 10.2. The predicted octanol–water partition coefficient (Wildman–Crippen LogP) is 3.57. The molecular formula is C12H14ClN3OS. The van der Waals surface area contributed by atoms with Gasteiger partial charge in [0.1, 0.15) is 11.6 Å². The van der Waals surface area contributed by atoms with Gasteiger partial charge >= 0.3 is 0 Å². The third-order valence-corrected chi connectivity index (χ3v) is 3.23. The third kappa shape index (κ3) is 2.98. The number of aromatic nitrogens is 2. The van der Waals surface area contributed by atoms with Crippen LogP contribution in [0.15, 0.2) is 18.2 Å². The number of nitrogens with two attached hydrogens (primary N) is 1. The minimum absolute atomic E-state index is 0.284. The fourth-order valence-corrected chi connectivity index (χ4v) is 2.23. The lowest BCUT2D eigenvalue weighted by atomic mass is 10.2. The van der Waals surface area contributed by atoms with Gasteiger partial charge in [0.25, 0.3) is 5.19 Å². The number of hydrogen-bond acceptors (Lipinski definition) is 5. The Kier molecular flexibility index (Phi) is 4.16. The van der Waals surface area contributed by atoms with E-state index in [-0.39, 0.29) is 5.92 Å². The standard InChI is InChI=1S/C12H14ClN3OS/c1-7(2)11-15-12(18-16-11)17-10-5-9(13)4-3-8(10)6-14/h3-5,7H,6,14H2,1-2H3. The quantitative estimate of drug-likeness (QED) is 0.932. The van der Waals surface area contributed by atoms with E-state index in [0.29, 0.717) is 22.5 Å². The van der Waals surface area contributed by atoms with Gasteiger partial charge in [0.05, 0.1) is 0 Å². The Morgan fingerprint density at radius 1 is 1.44 bits per heavy atom. The Morgan fingerprint density at radius 3 is 2.83 bits per heavy atom. The summed E-state index contributed by atoms with van der Waals surface area (Å²) in [6, 6.07) is 5.37. The predicted molar refractivity (Wildman–Crippen MR) is 73.4 cm³/mol. The fraction of sp³-hybridized carbons (Fsp3) is 0.333. The summed E-state index contributed by atoms with van der Waals surface area (Å²) in [6.45, 7) is 4.47. The lowest BCUT2D eigenvalue weighted by Gasteiger charge is -2.07. The van der Waals surface area contributed by atoms with E-state index in [1.807, 2.05) is 19.9 Å². The molecule has 18 heavy (non-hydrogen) atoms. The molecule has 0 amide bonds. The number of rotatable bonds is 4. The van der Waals surface area contributed by atoms with Crippen molar-refractivity contribution in [3.8, 4) is 10.9 Å². The lowest BCUT2D eigenvalue weighted by Crippen LogP contribution is -1.99. The van der Waals surface area contributed by atoms with E-state index in [9.17, 15) is 0 Å². The Hall–Kier alpha value is -1.17. The molecule has 6 heteroatoms. The summed E-state index contributed by atoms with van der Waals surface area (Å²) < 4.78 is 9.92. The molecule has 1 aromatic carbocycles. The first-order chi connectivity index (χ1) is 8.60. The van der Waals surface area contributed by atoms with Crippen molar-refractivity contribution >= 4 is 23.1 Å². The normalized spacial score (nSPS) is 10.9. The number of hydrogen-bond donors (Lipinski definition) is 1. The molecule has 2 rings (SSSR count). The van der Waals surface area contributed by atoms with Crippen molar-refractivity contribution in [3.63, 3.8) is 0 Å². The summed E-state index contributed by atoms with van der Waals surface area (Å²) in [5.41, 5.74) is 6.54. The lowest BCUT2D eigenvalue weighted by molar-refractivity contribution is 0.470. The zero-order chi connectivity index (χ0) is 13.1. The highest BCUT2D eigenvalue weighted by atomic mass is 35.5. The first-order valence-corrected chi connectivity index (χ1v) is 6.75. The van der Waals surface area contributed by atoms with Crippen LogP contribution < -0.4 is 10.5 Å². The topological polar surface area (TPSA) is 61.0 Å². The van der Waals surface area contributed by atoms with E-state index in [1.54, 1.807) is 12.1 Å². The van der Waals surface area contributed by atoms with Gasteiger partial charge in [-0.3, -0.25) is 0 Å². The van der Waals surface area contributed by atoms with Gasteiger partial charge in [0.15, 0.2) is 0 Å². The van der Waals surface area contributed by atoms with E-state index in [0.717, 1.165) is 11.4 Å². The highest BCUT2D eigenvalue weighted by molar-refractivity contribution is 7.07. The molecule has 2 aromatic rings. The van der Waals surface area contributed by atoms with Crippen molar-refractivity contribution in [1.82, 2.24) is 9.36 Å². The van der Waals surface area contributed by atoms with Crippen molar-refractivity contribution in [1.29, 1.82) is 0 Å². The van der Waals surface area contributed by atoms with Crippen LogP contribution in [-0.4, -0.2) is 9.36 Å².